The van der Waals surface area contributed by atoms with Crippen LogP contribution in [0.2, 0.25) is 0 Å². The number of benzene rings is 2. The van der Waals surface area contributed by atoms with Crippen molar-refractivity contribution in [2.24, 2.45) is 12.8 Å². The van der Waals surface area contributed by atoms with Crippen LogP contribution in [0.5, 0.6) is 0 Å². The summed E-state index contributed by atoms with van der Waals surface area (Å²) in [6.45, 7) is 0. The Morgan fingerprint density at radius 3 is 2.46 bits per heavy atom. The van der Waals surface area contributed by atoms with Crippen molar-refractivity contribution in [2.45, 2.75) is 6.10 Å². The summed E-state index contributed by atoms with van der Waals surface area (Å²) in [5, 5.41) is 0.715. The minimum atomic E-state index is -1.28. The smallest absolute Gasteiger partial charge is 0.341 e. The Hall–Kier alpha value is -3.15. The van der Waals surface area contributed by atoms with Crippen molar-refractivity contribution in [2.75, 3.05) is 0 Å². The average molecular weight is 326 g/mol. The van der Waals surface area contributed by atoms with Crippen LogP contribution in [0.1, 0.15) is 22.0 Å². The van der Waals surface area contributed by atoms with Crippen molar-refractivity contribution >= 4 is 22.8 Å². The lowest BCUT2D eigenvalue weighted by atomic mass is 10.1. The molecular formula is C18H15FN2O3. The number of hydrogen-bond acceptors (Lipinski definition) is 3. The van der Waals surface area contributed by atoms with Gasteiger partial charge in [-0.2, -0.15) is 0 Å². The minimum Gasteiger partial charge on any atom is -0.444 e. The molecule has 1 unspecified atom stereocenters. The summed E-state index contributed by atoms with van der Waals surface area (Å²) in [7, 11) is 1.81. The number of nitrogens with two attached hydrogens (primary N) is 1. The van der Waals surface area contributed by atoms with E-state index in [4.69, 9.17) is 10.5 Å². The molecule has 1 aromatic heterocycles. The second-order valence-corrected chi connectivity index (χ2v) is 5.41. The van der Waals surface area contributed by atoms with Crippen molar-refractivity contribution in [1.29, 1.82) is 0 Å². The lowest BCUT2D eigenvalue weighted by Gasteiger charge is -2.14. The first kappa shape index (κ1) is 15.7. The number of para-hydroxylation sites is 1. The number of halogens is 1. The third kappa shape index (κ3) is 2.86. The Bertz CT molecular complexity index is 916. The van der Waals surface area contributed by atoms with Crippen LogP contribution in [0, 0.1) is 5.82 Å². The van der Waals surface area contributed by atoms with Gasteiger partial charge < -0.3 is 15.0 Å². The van der Waals surface area contributed by atoms with Crippen LogP contribution in [0.4, 0.5) is 4.39 Å². The number of ether oxygens (including phenoxy) is 1. The van der Waals surface area contributed by atoms with Gasteiger partial charge in [0, 0.05) is 29.7 Å². The summed E-state index contributed by atoms with van der Waals surface area (Å²) >= 11 is 0. The molecule has 24 heavy (non-hydrogen) atoms. The third-order valence-electron chi connectivity index (χ3n) is 3.77. The zero-order valence-corrected chi connectivity index (χ0v) is 12.9. The molecule has 1 atom stereocenters. The molecule has 0 spiro atoms. The van der Waals surface area contributed by atoms with E-state index < -0.39 is 23.8 Å². The van der Waals surface area contributed by atoms with E-state index in [-0.39, 0.29) is 0 Å². The Morgan fingerprint density at radius 1 is 1.12 bits per heavy atom. The van der Waals surface area contributed by atoms with E-state index in [1.165, 1.54) is 24.3 Å². The summed E-state index contributed by atoms with van der Waals surface area (Å²) in [6.07, 6.45) is 0.354. The zero-order chi connectivity index (χ0) is 17.3. The highest BCUT2D eigenvalue weighted by molar-refractivity contribution is 6.05. The number of amides is 1. The fourth-order valence-electron chi connectivity index (χ4n) is 2.60. The van der Waals surface area contributed by atoms with E-state index in [2.05, 4.69) is 0 Å². The molecule has 0 aliphatic rings. The van der Waals surface area contributed by atoms with Gasteiger partial charge in [0.1, 0.15) is 5.82 Å². The van der Waals surface area contributed by atoms with Gasteiger partial charge in [-0.15, -0.1) is 0 Å². The second kappa shape index (κ2) is 6.16. The van der Waals surface area contributed by atoms with Crippen molar-refractivity contribution < 1.29 is 18.7 Å². The highest BCUT2D eigenvalue weighted by Crippen LogP contribution is 2.24. The quantitative estimate of drug-likeness (QED) is 0.749. The summed E-state index contributed by atoms with van der Waals surface area (Å²) in [6, 6.07) is 12.4. The summed E-state index contributed by atoms with van der Waals surface area (Å²) < 4.78 is 20.1. The van der Waals surface area contributed by atoms with Gasteiger partial charge >= 0.3 is 5.97 Å². The van der Waals surface area contributed by atoms with E-state index in [0.29, 0.717) is 16.5 Å². The van der Waals surface area contributed by atoms with Crippen LogP contribution < -0.4 is 5.73 Å². The zero-order valence-electron chi connectivity index (χ0n) is 12.9. The van der Waals surface area contributed by atoms with Gasteiger partial charge in [0.15, 0.2) is 0 Å². The molecule has 1 amide bonds. The molecule has 0 aliphatic carbocycles. The second-order valence-electron chi connectivity index (χ2n) is 5.41. The SMILES string of the molecule is Cn1cc(C(=O)OC(C(N)=O)c2ccc(F)cc2)c2ccccc21. The predicted octanol–water partition coefficient (Wildman–Crippen LogP) is 2.70. The molecule has 3 rings (SSSR count). The number of carbonyl (C=O) groups is 2. The van der Waals surface area contributed by atoms with Crippen LogP contribution in [0.25, 0.3) is 10.9 Å². The maximum absolute atomic E-state index is 13.0. The molecule has 0 fully saturated rings. The van der Waals surface area contributed by atoms with Crippen molar-refractivity contribution in [3.05, 3.63) is 71.7 Å². The van der Waals surface area contributed by atoms with Crippen LogP contribution >= 0.6 is 0 Å². The molecule has 1 heterocycles. The van der Waals surface area contributed by atoms with E-state index >= 15 is 0 Å². The normalized spacial score (nSPS) is 12.1. The molecule has 0 aliphatic heterocycles. The number of nitrogens with zero attached hydrogens (tertiary/aromatic N) is 1. The molecule has 3 aromatic rings. The van der Waals surface area contributed by atoms with Crippen molar-refractivity contribution in [3.8, 4) is 0 Å². The molecule has 2 aromatic carbocycles. The number of aryl methyl sites for hydroxylation is 1. The summed E-state index contributed by atoms with van der Waals surface area (Å²) in [5.41, 5.74) is 6.85. The number of hydrogen-bond donors (Lipinski definition) is 1. The number of fused-ring (bicyclic) bond motifs is 1. The topological polar surface area (TPSA) is 74.3 Å². The van der Waals surface area contributed by atoms with Gasteiger partial charge in [-0.05, 0) is 18.2 Å². The predicted molar refractivity (Wildman–Crippen MR) is 86.7 cm³/mol. The first-order valence-electron chi connectivity index (χ1n) is 7.27. The number of primary amides is 1. The number of carbonyl (C=O) groups excluding carboxylic acids is 2. The molecule has 0 saturated carbocycles. The maximum atomic E-state index is 13.0. The third-order valence-corrected chi connectivity index (χ3v) is 3.77. The first-order chi connectivity index (χ1) is 11.5. The lowest BCUT2D eigenvalue weighted by molar-refractivity contribution is -0.127. The molecule has 5 nitrogen and oxygen atoms in total. The maximum Gasteiger partial charge on any atom is 0.341 e. The number of rotatable bonds is 4. The Balaban J connectivity index is 1.93. The fraction of sp³-hybridized carbons (Fsp3) is 0.111. The monoisotopic (exact) mass is 326 g/mol. The van der Waals surface area contributed by atoms with E-state index in [0.717, 1.165) is 5.52 Å². The van der Waals surface area contributed by atoms with E-state index in [1.807, 2.05) is 25.2 Å². The molecule has 6 heteroatoms. The van der Waals surface area contributed by atoms with Gasteiger partial charge in [-0.1, -0.05) is 30.3 Å². The highest BCUT2D eigenvalue weighted by Gasteiger charge is 2.25. The van der Waals surface area contributed by atoms with Gasteiger partial charge in [0.2, 0.25) is 6.10 Å². The Morgan fingerprint density at radius 2 is 1.79 bits per heavy atom. The van der Waals surface area contributed by atoms with Crippen molar-refractivity contribution in [1.82, 2.24) is 4.57 Å². The van der Waals surface area contributed by atoms with E-state index in [1.54, 1.807) is 16.8 Å². The van der Waals surface area contributed by atoms with Crippen LogP contribution in [-0.2, 0) is 16.6 Å². The van der Waals surface area contributed by atoms with Crippen molar-refractivity contribution in [3.63, 3.8) is 0 Å². The first-order valence-corrected chi connectivity index (χ1v) is 7.27. The molecule has 2 N–H and O–H groups in total. The number of aromatic nitrogens is 1. The Labute approximate surface area is 137 Å². The average Bonchev–Trinajstić information content (AvgIpc) is 2.91. The fourth-order valence-corrected chi connectivity index (χ4v) is 2.60. The lowest BCUT2D eigenvalue weighted by Crippen LogP contribution is -2.26. The summed E-state index contributed by atoms with van der Waals surface area (Å²) in [4.78, 5) is 24.2. The molecule has 122 valence electrons. The highest BCUT2D eigenvalue weighted by atomic mass is 19.1. The molecule has 0 bridgehead atoms. The summed E-state index contributed by atoms with van der Waals surface area (Å²) in [5.74, 6) is -1.95. The van der Waals surface area contributed by atoms with Crippen LogP contribution in [0.3, 0.4) is 0 Å². The standard InChI is InChI=1S/C18H15FN2O3/c1-21-10-14(13-4-2-3-5-15(13)21)18(23)24-16(17(20)22)11-6-8-12(19)9-7-11/h2-10,16H,1H3,(H2,20,22). The van der Waals surface area contributed by atoms with Crippen LogP contribution in [-0.4, -0.2) is 16.4 Å². The molecule has 0 radical (unpaired) electrons. The molecule has 0 saturated heterocycles. The van der Waals surface area contributed by atoms with Crippen LogP contribution in [0.15, 0.2) is 54.7 Å². The largest absolute Gasteiger partial charge is 0.444 e. The molecular weight excluding hydrogens is 311 g/mol. The minimum absolute atomic E-state index is 0.317. The van der Waals surface area contributed by atoms with Gasteiger partial charge in [0.25, 0.3) is 5.91 Å². The van der Waals surface area contributed by atoms with Gasteiger partial charge in [-0.3, -0.25) is 4.79 Å². The Kier molecular flexibility index (Phi) is 4.04. The van der Waals surface area contributed by atoms with Gasteiger partial charge in [-0.25, -0.2) is 9.18 Å². The number of esters is 1. The van der Waals surface area contributed by atoms with E-state index in [9.17, 15) is 14.0 Å². The van der Waals surface area contributed by atoms with Gasteiger partial charge in [0.05, 0.1) is 5.56 Å².